The lowest BCUT2D eigenvalue weighted by Crippen LogP contribution is -2.49. The van der Waals surface area contributed by atoms with Crippen LogP contribution in [0.4, 0.5) is 10.1 Å². The summed E-state index contributed by atoms with van der Waals surface area (Å²) in [5, 5.41) is 7.19. The average Bonchev–Trinajstić information content (AvgIpc) is 2.94. The largest absolute Gasteiger partial charge is 0.325 e. The summed E-state index contributed by atoms with van der Waals surface area (Å²) in [5.74, 6) is 1.37. The van der Waals surface area contributed by atoms with E-state index in [2.05, 4.69) is 25.2 Å². The molecule has 0 spiro atoms. The molecular formula is C18H25FN6O. The lowest BCUT2D eigenvalue weighted by molar-refractivity contribution is -0.117. The van der Waals surface area contributed by atoms with Gasteiger partial charge in [0.15, 0.2) is 0 Å². The summed E-state index contributed by atoms with van der Waals surface area (Å²) in [6.07, 6.45) is 0. The van der Waals surface area contributed by atoms with Gasteiger partial charge in [0.2, 0.25) is 5.91 Å². The molecule has 1 aliphatic rings. The molecule has 8 heteroatoms. The highest BCUT2D eigenvalue weighted by atomic mass is 19.1. The predicted molar refractivity (Wildman–Crippen MR) is 97.4 cm³/mol. The smallest absolute Gasteiger partial charge is 0.238 e. The average molecular weight is 360 g/mol. The first-order chi connectivity index (χ1) is 12.5. The van der Waals surface area contributed by atoms with Crippen LogP contribution in [0.15, 0.2) is 24.3 Å². The Morgan fingerprint density at radius 2 is 1.73 bits per heavy atom. The van der Waals surface area contributed by atoms with Gasteiger partial charge in [-0.05, 0) is 38.1 Å². The van der Waals surface area contributed by atoms with E-state index in [0.29, 0.717) is 12.2 Å². The van der Waals surface area contributed by atoms with Crippen molar-refractivity contribution >= 4 is 11.6 Å². The van der Waals surface area contributed by atoms with Gasteiger partial charge >= 0.3 is 0 Å². The molecule has 0 bridgehead atoms. The van der Waals surface area contributed by atoms with Crippen LogP contribution in [0.2, 0.25) is 0 Å². The van der Waals surface area contributed by atoms with Crippen LogP contribution < -0.4 is 5.32 Å². The van der Waals surface area contributed by atoms with Crippen molar-refractivity contribution in [1.82, 2.24) is 24.6 Å². The van der Waals surface area contributed by atoms with Gasteiger partial charge in [0.1, 0.15) is 17.5 Å². The maximum atomic E-state index is 12.9. The molecule has 1 aromatic heterocycles. The van der Waals surface area contributed by atoms with Crippen LogP contribution in [0, 0.1) is 19.7 Å². The van der Waals surface area contributed by atoms with Crippen molar-refractivity contribution in [2.24, 2.45) is 0 Å². The number of carbonyl (C=O) groups excluding carboxylic acids is 1. The minimum absolute atomic E-state index is 0.0706. The van der Waals surface area contributed by atoms with Crippen LogP contribution in [0.3, 0.4) is 0 Å². The minimum atomic E-state index is -0.310. The lowest BCUT2D eigenvalue weighted by Gasteiger charge is -2.34. The minimum Gasteiger partial charge on any atom is -0.325 e. The number of rotatable bonds is 6. The number of hydrogen-bond donors (Lipinski definition) is 1. The van der Waals surface area contributed by atoms with Crippen LogP contribution >= 0.6 is 0 Å². The molecule has 26 heavy (non-hydrogen) atoms. The highest BCUT2D eigenvalue weighted by Gasteiger charge is 2.19. The molecule has 1 fully saturated rings. The third-order valence-electron chi connectivity index (χ3n) is 4.55. The third kappa shape index (κ3) is 5.09. The number of halogens is 1. The number of nitrogens with zero attached hydrogens (tertiary/aromatic N) is 5. The summed E-state index contributed by atoms with van der Waals surface area (Å²) in [6.45, 7) is 9.55. The molecule has 2 aromatic rings. The molecule has 1 amide bonds. The number of amides is 1. The fourth-order valence-electron chi connectivity index (χ4n) is 3.12. The number of hydrogen-bond acceptors (Lipinski definition) is 5. The summed E-state index contributed by atoms with van der Waals surface area (Å²) in [6, 6.07) is 5.82. The van der Waals surface area contributed by atoms with Crippen molar-refractivity contribution in [3.8, 4) is 0 Å². The van der Waals surface area contributed by atoms with Crippen molar-refractivity contribution in [1.29, 1.82) is 0 Å². The quantitative estimate of drug-likeness (QED) is 0.841. The number of nitrogens with one attached hydrogen (secondary N) is 1. The molecular weight excluding hydrogens is 335 g/mol. The maximum absolute atomic E-state index is 12.9. The first-order valence-corrected chi connectivity index (χ1v) is 8.88. The Morgan fingerprint density at radius 1 is 1.08 bits per heavy atom. The Hall–Kier alpha value is -2.32. The van der Waals surface area contributed by atoms with Crippen molar-refractivity contribution < 1.29 is 9.18 Å². The summed E-state index contributed by atoms with van der Waals surface area (Å²) in [4.78, 5) is 21.0. The van der Waals surface area contributed by atoms with Gasteiger partial charge in [0, 0.05) is 38.4 Å². The lowest BCUT2D eigenvalue weighted by atomic mass is 10.3. The molecule has 0 aliphatic carbocycles. The fraction of sp³-hybridized carbons (Fsp3) is 0.500. The molecule has 7 nitrogen and oxygen atoms in total. The van der Waals surface area contributed by atoms with Crippen LogP contribution in [0.25, 0.3) is 0 Å². The third-order valence-corrected chi connectivity index (χ3v) is 4.55. The number of carbonyl (C=O) groups is 1. The summed E-state index contributed by atoms with van der Waals surface area (Å²) >= 11 is 0. The molecule has 0 saturated carbocycles. The topological polar surface area (TPSA) is 66.3 Å². The van der Waals surface area contributed by atoms with E-state index < -0.39 is 0 Å². The first-order valence-electron chi connectivity index (χ1n) is 8.88. The molecule has 1 N–H and O–H groups in total. The van der Waals surface area contributed by atoms with Gasteiger partial charge in [0.25, 0.3) is 0 Å². The number of benzene rings is 1. The summed E-state index contributed by atoms with van der Waals surface area (Å²) in [5.41, 5.74) is 0.619. The molecule has 3 rings (SSSR count). The Kier molecular flexibility index (Phi) is 5.95. The highest BCUT2D eigenvalue weighted by Crippen LogP contribution is 2.09. The van der Waals surface area contributed by atoms with Crippen LogP contribution in [0.5, 0.6) is 0 Å². The summed E-state index contributed by atoms with van der Waals surface area (Å²) in [7, 11) is 0. The van der Waals surface area contributed by atoms with Gasteiger partial charge in [-0.2, -0.15) is 5.10 Å². The van der Waals surface area contributed by atoms with Gasteiger partial charge in [-0.15, -0.1) is 0 Å². The maximum Gasteiger partial charge on any atom is 0.238 e. The van der Waals surface area contributed by atoms with Gasteiger partial charge < -0.3 is 5.32 Å². The number of anilines is 1. The molecule has 1 aliphatic heterocycles. The SMILES string of the molecule is Cc1nc(C)n(CCN2CCN(CC(=O)Nc3ccc(F)cc3)CC2)n1. The van der Waals surface area contributed by atoms with Gasteiger partial charge in [0.05, 0.1) is 13.1 Å². The van der Waals surface area contributed by atoms with Crippen LogP contribution in [-0.4, -0.2) is 69.7 Å². The highest BCUT2D eigenvalue weighted by molar-refractivity contribution is 5.92. The van der Waals surface area contributed by atoms with Crippen LogP contribution in [0.1, 0.15) is 11.6 Å². The summed E-state index contributed by atoms with van der Waals surface area (Å²) < 4.78 is 14.8. The van der Waals surface area contributed by atoms with E-state index in [1.54, 1.807) is 12.1 Å². The number of aryl methyl sites for hydroxylation is 2. The van der Waals surface area contributed by atoms with E-state index in [-0.39, 0.29) is 11.7 Å². The Morgan fingerprint density at radius 3 is 2.35 bits per heavy atom. The molecule has 2 heterocycles. The van der Waals surface area contributed by atoms with Gasteiger partial charge in [-0.25, -0.2) is 14.1 Å². The van der Waals surface area contributed by atoms with Crippen molar-refractivity contribution in [2.75, 3.05) is 44.6 Å². The second-order valence-electron chi connectivity index (χ2n) is 6.60. The van der Waals surface area contributed by atoms with Crippen molar-refractivity contribution in [3.63, 3.8) is 0 Å². The molecule has 140 valence electrons. The fourth-order valence-corrected chi connectivity index (χ4v) is 3.12. The monoisotopic (exact) mass is 360 g/mol. The van der Waals surface area contributed by atoms with Crippen molar-refractivity contribution in [2.45, 2.75) is 20.4 Å². The number of aromatic nitrogens is 3. The van der Waals surface area contributed by atoms with E-state index in [4.69, 9.17) is 0 Å². The molecule has 0 atom stereocenters. The van der Waals surface area contributed by atoms with Crippen LogP contribution in [-0.2, 0) is 11.3 Å². The Labute approximate surface area is 152 Å². The molecule has 0 unspecified atom stereocenters. The zero-order chi connectivity index (χ0) is 18.5. The van der Waals surface area contributed by atoms with E-state index in [1.165, 1.54) is 12.1 Å². The standard InChI is InChI=1S/C18H25FN6O/c1-14-20-15(2)25(22-14)12-11-23-7-9-24(10-8-23)13-18(26)21-17-5-3-16(19)4-6-17/h3-6H,7-13H2,1-2H3,(H,21,26). The van der Waals surface area contributed by atoms with Gasteiger partial charge in [-0.1, -0.05) is 0 Å². The van der Waals surface area contributed by atoms with E-state index in [0.717, 1.165) is 50.9 Å². The second-order valence-corrected chi connectivity index (χ2v) is 6.60. The van der Waals surface area contributed by atoms with Gasteiger partial charge in [-0.3, -0.25) is 14.6 Å². The predicted octanol–water partition coefficient (Wildman–Crippen LogP) is 1.29. The van der Waals surface area contributed by atoms with E-state index >= 15 is 0 Å². The van der Waals surface area contributed by atoms with Crippen molar-refractivity contribution in [3.05, 3.63) is 41.7 Å². The molecule has 0 radical (unpaired) electrons. The number of piperazine rings is 1. The van der Waals surface area contributed by atoms with E-state index in [9.17, 15) is 9.18 Å². The second kappa shape index (κ2) is 8.37. The Bertz CT molecular complexity index is 737. The molecule has 1 aromatic carbocycles. The zero-order valence-corrected chi connectivity index (χ0v) is 15.3. The first kappa shape index (κ1) is 18.5. The normalized spacial score (nSPS) is 16.0. The zero-order valence-electron chi connectivity index (χ0n) is 15.3. The molecule has 1 saturated heterocycles. The van der Waals surface area contributed by atoms with E-state index in [1.807, 2.05) is 18.5 Å². The Balaban J connectivity index is 1.38.